The summed E-state index contributed by atoms with van der Waals surface area (Å²) in [5.41, 5.74) is 0.849. The average molecular weight is 250 g/mol. The lowest BCUT2D eigenvalue weighted by atomic mass is 9.88. The van der Waals surface area contributed by atoms with Crippen molar-refractivity contribution in [2.75, 3.05) is 5.32 Å². The quantitative estimate of drug-likeness (QED) is 0.851. The molecule has 1 amide bonds. The van der Waals surface area contributed by atoms with Crippen LogP contribution >= 0.6 is 11.6 Å². The van der Waals surface area contributed by atoms with Crippen molar-refractivity contribution in [1.29, 1.82) is 0 Å². The molecule has 2 fully saturated rings. The Bertz CT molecular complexity index is 428. The molecule has 1 aromatic carbocycles. The number of carbonyl (C=O) groups excluding carboxylic acids is 1. The third kappa shape index (κ3) is 2.19. The predicted octanol–water partition coefficient (Wildman–Crippen LogP) is 3.71. The Morgan fingerprint density at radius 2 is 1.94 bits per heavy atom. The molecule has 0 aliphatic heterocycles. The monoisotopic (exact) mass is 249 g/mol. The minimum absolute atomic E-state index is 0.194. The number of hydrogen-bond donors (Lipinski definition) is 1. The smallest absolute Gasteiger partial charge is 0.227 e. The van der Waals surface area contributed by atoms with Crippen molar-refractivity contribution < 1.29 is 4.79 Å². The first-order valence-electron chi connectivity index (χ1n) is 6.29. The van der Waals surface area contributed by atoms with E-state index in [1.807, 2.05) is 12.1 Å². The fourth-order valence-electron chi connectivity index (χ4n) is 3.33. The number of anilines is 1. The summed E-state index contributed by atoms with van der Waals surface area (Å²) in [4.78, 5) is 12.1. The van der Waals surface area contributed by atoms with E-state index < -0.39 is 0 Å². The van der Waals surface area contributed by atoms with E-state index in [0.29, 0.717) is 10.9 Å². The van der Waals surface area contributed by atoms with Crippen LogP contribution in [0.5, 0.6) is 0 Å². The highest BCUT2D eigenvalue weighted by Gasteiger charge is 2.42. The van der Waals surface area contributed by atoms with Crippen molar-refractivity contribution in [1.82, 2.24) is 0 Å². The summed E-state index contributed by atoms with van der Waals surface area (Å²) < 4.78 is 0. The molecule has 0 unspecified atom stereocenters. The highest BCUT2D eigenvalue weighted by molar-refractivity contribution is 6.30. The normalized spacial score (nSPS) is 30.5. The summed E-state index contributed by atoms with van der Waals surface area (Å²) in [5, 5.41) is 3.70. The van der Waals surface area contributed by atoms with Gasteiger partial charge in [0.15, 0.2) is 0 Å². The molecule has 2 saturated carbocycles. The Balaban J connectivity index is 1.65. The van der Waals surface area contributed by atoms with Gasteiger partial charge in [0, 0.05) is 16.6 Å². The maximum atomic E-state index is 12.1. The number of hydrogen-bond acceptors (Lipinski definition) is 1. The van der Waals surface area contributed by atoms with Crippen LogP contribution in [0.25, 0.3) is 0 Å². The molecule has 2 aliphatic carbocycles. The Morgan fingerprint density at radius 1 is 1.18 bits per heavy atom. The highest BCUT2D eigenvalue weighted by atomic mass is 35.5. The van der Waals surface area contributed by atoms with Crippen molar-refractivity contribution in [3.63, 3.8) is 0 Å². The topological polar surface area (TPSA) is 29.1 Å². The molecule has 2 nitrogen and oxygen atoms in total. The molecule has 0 heterocycles. The molecule has 3 heteroatoms. The van der Waals surface area contributed by atoms with Crippen molar-refractivity contribution in [2.24, 2.45) is 17.8 Å². The summed E-state index contributed by atoms with van der Waals surface area (Å²) in [6.07, 6.45) is 4.92. The van der Waals surface area contributed by atoms with Crippen molar-refractivity contribution in [3.8, 4) is 0 Å². The van der Waals surface area contributed by atoms with Crippen LogP contribution in [0.3, 0.4) is 0 Å². The van der Waals surface area contributed by atoms with Gasteiger partial charge < -0.3 is 5.32 Å². The van der Waals surface area contributed by atoms with Gasteiger partial charge in [0.05, 0.1) is 0 Å². The van der Waals surface area contributed by atoms with Gasteiger partial charge in [-0.25, -0.2) is 0 Å². The van der Waals surface area contributed by atoms with Crippen molar-refractivity contribution in [2.45, 2.75) is 25.7 Å². The van der Waals surface area contributed by atoms with Crippen LogP contribution in [0.15, 0.2) is 24.3 Å². The van der Waals surface area contributed by atoms with Crippen LogP contribution in [0.2, 0.25) is 5.02 Å². The van der Waals surface area contributed by atoms with Gasteiger partial charge in [0.1, 0.15) is 0 Å². The maximum Gasteiger partial charge on any atom is 0.227 e. The molecule has 2 aliphatic rings. The van der Waals surface area contributed by atoms with Crippen LogP contribution in [0, 0.1) is 17.8 Å². The molecule has 3 atom stereocenters. The van der Waals surface area contributed by atoms with Crippen molar-refractivity contribution >= 4 is 23.2 Å². The summed E-state index contributed by atoms with van der Waals surface area (Å²) in [5.74, 6) is 1.87. The summed E-state index contributed by atoms with van der Waals surface area (Å²) in [6, 6.07) is 7.32. The SMILES string of the molecule is O=C(Nc1ccc(Cl)cc1)[C@H]1C[C@H]2CC[C@@H]1C2. The number of fused-ring (bicyclic) bond motifs is 2. The average Bonchev–Trinajstić information content (AvgIpc) is 2.94. The molecule has 3 rings (SSSR count). The van der Waals surface area contributed by atoms with Gasteiger partial charge in [-0.15, -0.1) is 0 Å². The molecule has 0 saturated heterocycles. The number of halogens is 1. The second-order valence-electron chi connectivity index (χ2n) is 5.28. The van der Waals surface area contributed by atoms with Gasteiger partial charge in [0.2, 0.25) is 5.91 Å². The number of nitrogens with one attached hydrogen (secondary N) is 1. The minimum Gasteiger partial charge on any atom is -0.326 e. The first-order chi connectivity index (χ1) is 8.22. The molecular formula is C14H16ClNO. The predicted molar refractivity (Wildman–Crippen MR) is 69.0 cm³/mol. The standard InChI is InChI=1S/C14H16ClNO/c15-11-3-5-12(6-4-11)16-14(17)13-8-9-1-2-10(13)7-9/h3-6,9-10,13H,1-2,7-8H2,(H,16,17)/t9-,10+,13-/m0/s1. The first kappa shape index (κ1) is 11.1. The summed E-state index contributed by atoms with van der Waals surface area (Å²) in [7, 11) is 0. The molecule has 0 aromatic heterocycles. The van der Waals surface area contributed by atoms with Crippen LogP contribution in [-0.4, -0.2) is 5.91 Å². The zero-order chi connectivity index (χ0) is 11.8. The van der Waals surface area contributed by atoms with Gasteiger partial charge in [-0.3, -0.25) is 4.79 Å². The van der Waals surface area contributed by atoms with Gasteiger partial charge in [0.25, 0.3) is 0 Å². The van der Waals surface area contributed by atoms with Gasteiger partial charge >= 0.3 is 0 Å². The highest BCUT2D eigenvalue weighted by Crippen LogP contribution is 2.48. The Kier molecular flexibility index (Phi) is 2.83. The number of benzene rings is 1. The lowest BCUT2D eigenvalue weighted by Gasteiger charge is -2.20. The lowest BCUT2D eigenvalue weighted by Crippen LogP contribution is -2.27. The fourth-order valence-corrected chi connectivity index (χ4v) is 3.46. The third-order valence-electron chi connectivity index (χ3n) is 4.19. The number of carbonyl (C=O) groups is 1. The number of rotatable bonds is 2. The van der Waals surface area contributed by atoms with E-state index in [9.17, 15) is 4.79 Å². The Hall–Kier alpha value is -1.02. The van der Waals surface area contributed by atoms with Gasteiger partial charge in [-0.2, -0.15) is 0 Å². The van der Waals surface area contributed by atoms with Gasteiger partial charge in [-0.1, -0.05) is 18.0 Å². The van der Waals surface area contributed by atoms with E-state index in [2.05, 4.69) is 5.32 Å². The van der Waals surface area contributed by atoms with E-state index >= 15 is 0 Å². The fraction of sp³-hybridized carbons (Fsp3) is 0.500. The molecule has 1 aromatic rings. The van der Waals surface area contributed by atoms with E-state index in [1.165, 1.54) is 19.3 Å². The first-order valence-corrected chi connectivity index (χ1v) is 6.66. The lowest BCUT2D eigenvalue weighted by molar-refractivity contribution is -0.121. The molecular weight excluding hydrogens is 234 g/mol. The molecule has 17 heavy (non-hydrogen) atoms. The van der Waals surface area contributed by atoms with Gasteiger partial charge in [-0.05, 0) is 55.4 Å². The van der Waals surface area contributed by atoms with Crippen LogP contribution < -0.4 is 5.32 Å². The third-order valence-corrected chi connectivity index (χ3v) is 4.44. The molecule has 90 valence electrons. The molecule has 0 spiro atoms. The molecule has 0 radical (unpaired) electrons. The van der Waals surface area contributed by atoms with Crippen LogP contribution in [0.4, 0.5) is 5.69 Å². The largest absolute Gasteiger partial charge is 0.326 e. The number of amides is 1. The van der Waals surface area contributed by atoms with Crippen LogP contribution in [0.1, 0.15) is 25.7 Å². The van der Waals surface area contributed by atoms with Crippen molar-refractivity contribution in [3.05, 3.63) is 29.3 Å². The Morgan fingerprint density at radius 3 is 2.53 bits per heavy atom. The zero-order valence-electron chi connectivity index (χ0n) is 9.66. The van der Waals surface area contributed by atoms with E-state index in [4.69, 9.17) is 11.6 Å². The molecule has 2 bridgehead atoms. The summed E-state index contributed by atoms with van der Waals surface area (Å²) >= 11 is 5.81. The summed E-state index contributed by atoms with van der Waals surface area (Å²) in [6.45, 7) is 0. The molecule has 1 N–H and O–H groups in total. The minimum atomic E-state index is 0.194. The maximum absolute atomic E-state index is 12.1. The van der Waals surface area contributed by atoms with E-state index in [1.54, 1.807) is 12.1 Å². The van der Waals surface area contributed by atoms with Crippen LogP contribution in [-0.2, 0) is 4.79 Å². The second kappa shape index (κ2) is 4.34. The zero-order valence-corrected chi connectivity index (χ0v) is 10.4. The second-order valence-corrected chi connectivity index (χ2v) is 5.71. The Labute approximate surface area is 106 Å². The van der Waals surface area contributed by atoms with E-state index in [0.717, 1.165) is 18.0 Å². The van der Waals surface area contributed by atoms with E-state index in [-0.39, 0.29) is 11.8 Å².